The zero-order valence-electron chi connectivity index (χ0n) is 19.7. The van der Waals surface area contributed by atoms with Gasteiger partial charge in [0.15, 0.2) is 0 Å². The minimum Gasteiger partial charge on any atom is -0.508 e. The Morgan fingerprint density at radius 2 is 1.70 bits per heavy atom. The standard InChI is InChI=1S/C29H22ClN5O2/c30-22-11-14-28-27(15-22)31-29(34(28)17-20-5-2-1-3-6-20)21-9-12-26(13-10-21)37-19-23-18-35(33-32-23)24-7-4-8-25(36)16-24/h1-16,18,36H,17,19H2. The minimum absolute atomic E-state index is 0.172. The molecule has 182 valence electrons. The summed E-state index contributed by atoms with van der Waals surface area (Å²) in [5.74, 6) is 1.75. The highest BCUT2D eigenvalue weighted by molar-refractivity contribution is 6.31. The quantitative estimate of drug-likeness (QED) is 0.275. The molecule has 0 saturated heterocycles. The monoisotopic (exact) mass is 507 g/mol. The molecule has 37 heavy (non-hydrogen) atoms. The van der Waals surface area contributed by atoms with E-state index in [0.717, 1.165) is 28.1 Å². The Bertz CT molecular complexity index is 1680. The topological polar surface area (TPSA) is 78.0 Å². The lowest BCUT2D eigenvalue weighted by atomic mass is 10.2. The molecular formula is C29H22ClN5O2. The summed E-state index contributed by atoms with van der Waals surface area (Å²) in [4.78, 5) is 4.90. The van der Waals surface area contributed by atoms with Crippen LogP contribution in [0.4, 0.5) is 0 Å². The lowest BCUT2D eigenvalue weighted by Crippen LogP contribution is -2.02. The maximum absolute atomic E-state index is 9.68. The van der Waals surface area contributed by atoms with Crippen molar-refractivity contribution in [2.24, 2.45) is 0 Å². The van der Waals surface area contributed by atoms with Crippen LogP contribution in [0.15, 0.2) is 103 Å². The molecule has 1 N–H and O–H groups in total. The SMILES string of the molecule is Oc1cccc(-n2cc(COc3ccc(-c4nc5cc(Cl)ccc5n4Cc4ccccc4)cc3)nn2)c1. The fraction of sp³-hybridized carbons (Fsp3) is 0.0690. The maximum Gasteiger partial charge on any atom is 0.141 e. The molecule has 8 heteroatoms. The first-order chi connectivity index (χ1) is 18.1. The van der Waals surface area contributed by atoms with Crippen molar-refractivity contribution in [1.82, 2.24) is 24.5 Å². The largest absolute Gasteiger partial charge is 0.508 e. The van der Waals surface area contributed by atoms with Gasteiger partial charge in [-0.3, -0.25) is 0 Å². The Balaban J connectivity index is 1.22. The molecule has 0 atom stereocenters. The van der Waals surface area contributed by atoms with Crippen molar-refractivity contribution in [2.45, 2.75) is 13.2 Å². The predicted molar refractivity (Wildman–Crippen MR) is 143 cm³/mol. The normalized spacial score (nSPS) is 11.2. The van der Waals surface area contributed by atoms with Gasteiger partial charge >= 0.3 is 0 Å². The summed E-state index contributed by atoms with van der Waals surface area (Å²) in [6.45, 7) is 0.963. The second-order valence-corrected chi connectivity index (χ2v) is 9.06. The number of aromatic nitrogens is 5. The summed E-state index contributed by atoms with van der Waals surface area (Å²) >= 11 is 6.25. The maximum atomic E-state index is 9.68. The third-order valence-electron chi connectivity index (χ3n) is 6.03. The lowest BCUT2D eigenvalue weighted by Gasteiger charge is -2.10. The Kier molecular flexibility index (Phi) is 6.04. The number of rotatable bonds is 7. The Hall–Kier alpha value is -4.62. The molecule has 0 aliphatic rings. The molecule has 7 nitrogen and oxygen atoms in total. The van der Waals surface area contributed by atoms with Crippen molar-refractivity contribution in [2.75, 3.05) is 0 Å². The van der Waals surface area contributed by atoms with E-state index in [2.05, 4.69) is 27.0 Å². The first kappa shape index (κ1) is 22.8. The fourth-order valence-corrected chi connectivity index (χ4v) is 4.40. The van der Waals surface area contributed by atoms with Crippen molar-refractivity contribution < 1.29 is 9.84 Å². The van der Waals surface area contributed by atoms with Gasteiger partial charge in [-0.1, -0.05) is 53.2 Å². The smallest absolute Gasteiger partial charge is 0.141 e. The van der Waals surface area contributed by atoms with Crippen LogP contribution in [0, 0.1) is 0 Å². The zero-order chi connectivity index (χ0) is 25.2. The van der Waals surface area contributed by atoms with Gasteiger partial charge in [0.05, 0.1) is 22.9 Å². The molecule has 2 heterocycles. The van der Waals surface area contributed by atoms with E-state index in [1.807, 2.05) is 66.7 Å². The van der Waals surface area contributed by atoms with Crippen LogP contribution in [0.1, 0.15) is 11.3 Å². The first-order valence-corrected chi connectivity index (χ1v) is 12.1. The fourth-order valence-electron chi connectivity index (χ4n) is 4.23. The number of phenols is 1. The number of benzene rings is 4. The summed E-state index contributed by atoms with van der Waals surface area (Å²) in [6, 6.07) is 30.8. The van der Waals surface area contributed by atoms with E-state index in [1.54, 1.807) is 29.1 Å². The summed E-state index contributed by atoms with van der Waals surface area (Å²) in [5.41, 5.74) is 5.45. The van der Waals surface area contributed by atoms with Crippen LogP contribution < -0.4 is 4.74 Å². The van der Waals surface area contributed by atoms with Gasteiger partial charge in [-0.05, 0) is 60.2 Å². The number of halogens is 1. The molecule has 0 amide bonds. The molecule has 6 aromatic rings. The Morgan fingerprint density at radius 1 is 0.865 bits per heavy atom. The van der Waals surface area contributed by atoms with Crippen LogP contribution in [0.2, 0.25) is 5.02 Å². The average molecular weight is 508 g/mol. The number of phenolic OH excluding ortho intramolecular Hbond substituents is 1. The molecule has 0 aliphatic heterocycles. The number of hydrogen-bond donors (Lipinski definition) is 1. The Morgan fingerprint density at radius 3 is 2.51 bits per heavy atom. The van der Waals surface area contributed by atoms with Crippen LogP contribution >= 0.6 is 11.6 Å². The number of aromatic hydroxyl groups is 1. The van der Waals surface area contributed by atoms with Crippen LogP contribution in [0.3, 0.4) is 0 Å². The second kappa shape index (κ2) is 9.79. The number of hydrogen-bond acceptors (Lipinski definition) is 5. The molecule has 0 saturated carbocycles. The molecule has 0 fully saturated rings. The van der Waals surface area contributed by atoms with Crippen LogP contribution in [-0.4, -0.2) is 29.7 Å². The molecular weight excluding hydrogens is 486 g/mol. The highest BCUT2D eigenvalue weighted by Gasteiger charge is 2.14. The van der Waals surface area contributed by atoms with Gasteiger partial charge in [0, 0.05) is 23.2 Å². The number of ether oxygens (including phenoxy) is 1. The third-order valence-corrected chi connectivity index (χ3v) is 6.26. The molecule has 0 unspecified atom stereocenters. The van der Waals surface area contributed by atoms with E-state index < -0.39 is 0 Å². The Labute approximate surface area is 218 Å². The van der Waals surface area contributed by atoms with Gasteiger partial charge < -0.3 is 14.4 Å². The van der Waals surface area contributed by atoms with Crippen molar-refractivity contribution in [1.29, 1.82) is 0 Å². The minimum atomic E-state index is 0.172. The third kappa shape index (κ3) is 4.90. The average Bonchev–Trinajstić information content (AvgIpc) is 3.53. The van der Waals surface area contributed by atoms with E-state index in [0.29, 0.717) is 23.0 Å². The van der Waals surface area contributed by atoms with Crippen molar-refractivity contribution in [3.8, 4) is 28.6 Å². The molecule has 0 spiro atoms. The summed E-state index contributed by atoms with van der Waals surface area (Å²) < 4.78 is 9.75. The predicted octanol–water partition coefficient (Wildman–Crippen LogP) is 6.27. The van der Waals surface area contributed by atoms with E-state index in [1.165, 1.54) is 5.56 Å². The van der Waals surface area contributed by atoms with Gasteiger partial charge in [-0.15, -0.1) is 5.10 Å². The first-order valence-electron chi connectivity index (χ1n) is 11.8. The number of nitrogens with zero attached hydrogens (tertiary/aromatic N) is 5. The molecule has 0 radical (unpaired) electrons. The van der Waals surface area contributed by atoms with Crippen LogP contribution in [-0.2, 0) is 13.2 Å². The van der Waals surface area contributed by atoms with E-state index >= 15 is 0 Å². The molecule has 0 bridgehead atoms. The van der Waals surface area contributed by atoms with Crippen molar-refractivity contribution >= 4 is 22.6 Å². The lowest BCUT2D eigenvalue weighted by molar-refractivity contribution is 0.301. The van der Waals surface area contributed by atoms with Crippen molar-refractivity contribution in [3.63, 3.8) is 0 Å². The van der Waals surface area contributed by atoms with Gasteiger partial charge in [-0.2, -0.15) is 0 Å². The molecule has 6 rings (SSSR count). The molecule has 0 aliphatic carbocycles. The molecule has 2 aromatic heterocycles. The second-order valence-electron chi connectivity index (χ2n) is 8.63. The zero-order valence-corrected chi connectivity index (χ0v) is 20.5. The molecule has 4 aromatic carbocycles. The van der Waals surface area contributed by atoms with Gasteiger partial charge in [-0.25, -0.2) is 9.67 Å². The highest BCUT2D eigenvalue weighted by Crippen LogP contribution is 2.29. The van der Waals surface area contributed by atoms with Crippen LogP contribution in [0.5, 0.6) is 11.5 Å². The highest BCUT2D eigenvalue weighted by atomic mass is 35.5. The van der Waals surface area contributed by atoms with Gasteiger partial charge in [0.1, 0.15) is 29.6 Å². The number of imidazole rings is 1. The van der Waals surface area contributed by atoms with Gasteiger partial charge in [0.25, 0.3) is 0 Å². The summed E-state index contributed by atoms with van der Waals surface area (Å²) in [7, 11) is 0. The summed E-state index contributed by atoms with van der Waals surface area (Å²) in [6.07, 6.45) is 1.78. The van der Waals surface area contributed by atoms with E-state index in [9.17, 15) is 5.11 Å². The van der Waals surface area contributed by atoms with E-state index in [4.69, 9.17) is 21.3 Å². The van der Waals surface area contributed by atoms with Gasteiger partial charge in [0.2, 0.25) is 0 Å². The number of fused-ring (bicyclic) bond motifs is 1. The summed E-state index contributed by atoms with van der Waals surface area (Å²) in [5, 5.41) is 18.6. The van der Waals surface area contributed by atoms with Crippen LogP contribution in [0.25, 0.3) is 28.1 Å². The van der Waals surface area contributed by atoms with E-state index in [-0.39, 0.29) is 12.4 Å². The van der Waals surface area contributed by atoms with Crippen molar-refractivity contribution in [3.05, 3.63) is 120 Å².